The molecule has 2 rings (SSSR count). The first kappa shape index (κ1) is 12.5. The van der Waals surface area contributed by atoms with E-state index >= 15 is 0 Å². The summed E-state index contributed by atoms with van der Waals surface area (Å²) in [6, 6.07) is 5.78. The molecule has 0 saturated carbocycles. The molecule has 1 heterocycles. The molecule has 0 unspecified atom stereocenters. The van der Waals surface area contributed by atoms with Gasteiger partial charge in [0.05, 0.1) is 0 Å². The van der Waals surface area contributed by atoms with Crippen LogP contribution < -0.4 is 0 Å². The lowest BCUT2D eigenvalue weighted by atomic mass is 10.1. The standard InChI is InChI=1S/C12H10F3NO2/c13-12(14,15)10-6-8-3-1-7(2-4-11(17)18)5-9(8)16-10/h1,3,5-6,16H,2,4H2,(H,17,18). The largest absolute Gasteiger partial charge is 0.481 e. The first-order chi connectivity index (χ1) is 8.36. The highest BCUT2D eigenvalue weighted by Gasteiger charge is 2.32. The van der Waals surface area contributed by atoms with Crippen LogP contribution in [0.4, 0.5) is 13.2 Å². The van der Waals surface area contributed by atoms with Crippen LogP contribution in [-0.4, -0.2) is 16.1 Å². The Kier molecular flexibility index (Phi) is 3.02. The maximum absolute atomic E-state index is 12.5. The van der Waals surface area contributed by atoms with Crippen LogP contribution in [0.25, 0.3) is 10.9 Å². The number of H-pyrrole nitrogens is 1. The summed E-state index contributed by atoms with van der Waals surface area (Å²) >= 11 is 0. The van der Waals surface area contributed by atoms with Crippen LogP contribution >= 0.6 is 0 Å². The summed E-state index contributed by atoms with van der Waals surface area (Å²) in [5.74, 6) is -0.933. The Morgan fingerprint density at radius 2 is 2.00 bits per heavy atom. The number of hydrogen-bond acceptors (Lipinski definition) is 1. The van der Waals surface area contributed by atoms with Crippen LogP contribution in [0.1, 0.15) is 17.7 Å². The number of fused-ring (bicyclic) bond motifs is 1. The first-order valence-electron chi connectivity index (χ1n) is 5.27. The molecule has 96 valence electrons. The number of halogens is 3. The summed E-state index contributed by atoms with van der Waals surface area (Å²) in [7, 11) is 0. The summed E-state index contributed by atoms with van der Waals surface area (Å²) in [4.78, 5) is 12.7. The van der Waals surface area contributed by atoms with Gasteiger partial charge in [0.1, 0.15) is 5.69 Å². The number of carbonyl (C=O) groups is 1. The molecule has 1 aromatic carbocycles. The van der Waals surface area contributed by atoms with Crippen LogP contribution in [0.5, 0.6) is 0 Å². The van der Waals surface area contributed by atoms with Gasteiger partial charge in [-0.1, -0.05) is 12.1 Å². The van der Waals surface area contributed by atoms with E-state index in [0.29, 0.717) is 22.9 Å². The summed E-state index contributed by atoms with van der Waals surface area (Å²) < 4.78 is 37.4. The van der Waals surface area contributed by atoms with E-state index in [4.69, 9.17) is 5.11 Å². The zero-order valence-corrected chi connectivity index (χ0v) is 9.21. The molecule has 2 aromatic rings. The second-order valence-corrected chi connectivity index (χ2v) is 4.00. The summed E-state index contributed by atoms with van der Waals surface area (Å²) in [6.07, 6.45) is -4.15. The van der Waals surface area contributed by atoms with Crippen molar-refractivity contribution in [3.63, 3.8) is 0 Å². The second-order valence-electron chi connectivity index (χ2n) is 4.00. The number of rotatable bonds is 3. The van der Waals surface area contributed by atoms with Crippen molar-refractivity contribution >= 4 is 16.9 Å². The molecule has 1 aromatic heterocycles. The zero-order valence-electron chi connectivity index (χ0n) is 9.21. The maximum Gasteiger partial charge on any atom is 0.431 e. The number of aromatic nitrogens is 1. The summed E-state index contributed by atoms with van der Waals surface area (Å²) in [5.41, 5.74) is 0.263. The number of carboxylic acids is 1. The van der Waals surface area contributed by atoms with Gasteiger partial charge in [0.25, 0.3) is 0 Å². The van der Waals surface area contributed by atoms with Crippen molar-refractivity contribution in [2.45, 2.75) is 19.0 Å². The number of aryl methyl sites for hydroxylation is 1. The van der Waals surface area contributed by atoms with Gasteiger partial charge in [-0.15, -0.1) is 0 Å². The van der Waals surface area contributed by atoms with Gasteiger partial charge in [-0.25, -0.2) is 0 Å². The Balaban J connectivity index is 2.31. The van der Waals surface area contributed by atoms with Crippen molar-refractivity contribution in [3.05, 3.63) is 35.5 Å². The SMILES string of the molecule is O=C(O)CCc1ccc2cc(C(F)(F)F)[nH]c2c1. The first-order valence-corrected chi connectivity index (χ1v) is 5.27. The summed E-state index contributed by atoms with van der Waals surface area (Å²) in [6.45, 7) is 0. The van der Waals surface area contributed by atoms with Gasteiger partial charge in [0.15, 0.2) is 0 Å². The Hall–Kier alpha value is -1.98. The molecule has 0 fully saturated rings. The third-order valence-electron chi connectivity index (χ3n) is 2.62. The van der Waals surface area contributed by atoms with Gasteiger partial charge in [0.2, 0.25) is 0 Å². The average molecular weight is 257 g/mol. The van der Waals surface area contributed by atoms with Gasteiger partial charge in [-0.2, -0.15) is 13.2 Å². The number of hydrogen-bond donors (Lipinski definition) is 2. The molecule has 0 radical (unpaired) electrons. The third kappa shape index (κ3) is 2.64. The van der Waals surface area contributed by atoms with Crippen LogP contribution in [0.2, 0.25) is 0 Å². The van der Waals surface area contributed by atoms with Crippen LogP contribution in [0.15, 0.2) is 24.3 Å². The monoisotopic (exact) mass is 257 g/mol. The fraction of sp³-hybridized carbons (Fsp3) is 0.250. The van der Waals surface area contributed by atoms with Crippen molar-refractivity contribution in [2.24, 2.45) is 0 Å². The van der Waals surface area contributed by atoms with E-state index in [9.17, 15) is 18.0 Å². The fourth-order valence-corrected chi connectivity index (χ4v) is 1.73. The molecule has 0 aliphatic carbocycles. The lowest BCUT2D eigenvalue weighted by Gasteiger charge is -2.01. The minimum atomic E-state index is -4.40. The Morgan fingerprint density at radius 1 is 1.28 bits per heavy atom. The van der Waals surface area contributed by atoms with E-state index in [1.165, 1.54) is 0 Å². The maximum atomic E-state index is 12.5. The lowest BCUT2D eigenvalue weighted by Crippen LogP contribution is -2.04. The van der Waals surface area contributed by atoms with E-state index in [-0.39, 0.29) is 6.42 Å². The molecule has 0 aliphatic rings. The average Bonchev–Trinajstić information content (AvgIpc) is 2.68. The van der Waals surface area contributed by atoms with E-state index < -0.39 is 17.8 Å². The molecular formula is C12H10F3NO2. The van der Waals surface area contributed by atoms with Gasteiger partial charge >= 0.3 is 12.1 Å². The Morgan fingerprint density at radius 3 is 2.61 bits per heavy atom. The van der Waals surface area contributed by atoms with E-state index in [1.807, 2.05) is 0 Å². The predicted molar refractivity (Wildman–Crippen MR) is 59.3 cm³/mol. The molecule has 0 aliphatic heterocycles. The minimum absolute atomic E-state index is 0.0433. The molecule has 18 heavy (non-hydrogen) atoms. The van der Waals surface area contributed by atoms with Crippen molar-refractivity contribution in [1.82, 2.24) is 4.98 Å². The molecular weight excluding hydrogens is 247 g/mol. The second kappa shape index (κ2) is 4.36. The van der Waals surface area contributed by atoms with Crippen molar-refractivity contribution in [1.29, 1.82) is 0 Å². The molecule has 2 N–H and O–H groups in total. The van der Waals surface area contributed by atoms with Crippen LogP contribution in [0, 0.1) is 0 Å². The van der Waals surface area contributed by atoms with Crippen molar-refractivity contribution in [3.8, 4) is 0 Å². The molecule has 0 amide bonds. The zero-order chi connectivity index (χ0) is 13.3. The van der Waals surface area contributed by atoms with Gasteiger partial charge in [-0.3, -0.25) is 4.79 Å². The topological polar surface area (TPSA) is 53.1 Å². The number of nitrogens with one attached hydrogen (secondary N) is 1. The molecule has 0 spiro atoms. The number of aliphatic carboxylic acids is 1. The Bertz CT molecular complexity index is 587. The number of aromatic amines is 1. The normalized spacial score (nSPS) is 11.9. The number of alkyl halides is 3. The smallest absolute Gasteiger partial charge is 0.431 e. The Labute approximate surface area is 100 Å². The molecule has 0 atom stereocenters. The minimum Gasteiger partial charge on any atom is -0.481 e. The van der Waals surface area contributed by atoms with Gasteiger partial charge in [0, 0.05) is 17.3 Å². The highest BCUT2D eigenvalue weighted by atomic mass is 19.4. The van der Waals surface area contributed by atoms with Crippen molar-refractivity contribution < 1.29 is 23.1 Å². The quantitative estimate of drug-likeness (QED) is 0.887. The number of carboxylic acid groups (broad SMARTS) is 1. The fourth-order valence-electron chi connectivity index (χ4n) is 1.73. The number of benzene rings is 1. The lowest BCUT2D eigenvalue weighted by molar-refractivity contribution is -0.140. The molecule has 0 bridgehead atoms. The molecule has 0 saturated heterocycles. The highest BCUT2D eigenvalue weighted by Crippen LogP contribution is 2.31. The van der Waals surface area contributed by atoms with Crippen molar-refractivity contribution in [2.75, 3.05) is 0 Å². The van der Waals surface area contributed by atoms with Gasteiger partial charge < -0.3 is 10.1 Å². The molecule has 3 nitrogen and oxygen atoms in total. The van der Waals surface area contributed by atoms with E-state index in [0.717, 1.165) is 6.07 Å². The van der Waals surface area contributed by atoms with Gasteiger partial charge in [-0.05, 0) is 24.1 Å². The van der Waals surface area contributed by atoms with E-state index in [2.05, 4.69) is 4.98 Å². The van der Waals surface area contributed by atoms with Crippen LogP contribution in [-0.2, 0) is 17.4 Å². The van der Waals surface area contributed by atoms with Crippen LogP contribution in [0.3, 0.4) is 0 Å². The molecule has 6 heteroatoms. The highest BCUT2D eigenvalue weighted by molar-refractivity contribution is 5.81. The third-order valence-corrected chi connectivity index (χ3v) is 2.62. The van der Waals surface area contributed by atoms with E-state index in [1.54, 1.807) is 18.2 Å². The summed E-state index contributed by atoms with van der Waals surface area (Å²) in [5, 5.41) is 9.00. The predicted octanol–water partition coefficient (Wildman–Crippen LogP) is 3.20.